The van der Waals surface area contributed by atoms with Crippen LogP contribution < -0.4 is 11.1 Å². The SMILES string of the molecule is NCc1cn(C2CCN(Cc3ccc4c(c3)CN(C3CCC(=O)NC3=O)C4=O)CC2)nn1. The summed E-state index contributed by atoms with van der Waals surface area (Å²) in [5.74, 6) is -0.784. The van der Waals surface area contributed by atoms with Crippen LogP contribution in [-0.4, -0.2) is 61.6 Å². The predicted octanol–water partition coefficient (Wildman–Crippen LogP) is 0.335. The number of piperidine rings is 2. The number of hydrogen-bond acceptors (Lipinski definition) is 7. The highest BCUT2D eigenvalue weighted by Crippen LogP contribution is 2.29. The van der Waals surface area contributed by atoms with E-state index in [1.807, 2.05) is 23.0 Å². The summed E-state index contributed by atoms with van der Waals surface area (Å²) in [6.07, 6.45) is 4.58. The summed E-state index contributed by atoms with van der Waals surface area (Å²) in [5, 5.41) is 10.6. The van der Waals surface area contributed by atoms with Crippen LogP contribution in [0.1, 0.15) is 58.9 Å². The maximum atomic E-state index is 12.8. The molecule has 168 valence electrons. The molecule has 4 heterocycles. The van der Waals surface area contributed by atoms with Crippen LogP contribution in [0.15, 0.2) is 24.4 Å². The number of aromatic nitrogens is 3. The van der Waals surface area contributed by atoms with Crippen molar-refractivity contribution in [2.45, 2.75) is 57.4 Å². The lowest BCUT2D eigenvalue weighted by molar-refractivity contribution is -0.136. The fourth-order valence-corrected chi connectivity index (χ4v) is 4.91. The second kappa shape index (κ2) is 8.44. The van der Waals surface area contributed by atoms with Crippen LogP contribution in [0.25, 0.3) is 0 Å². The second-order valence-corrected chi connectivity index (χ2v) is 8.79. The monoisotopic (exact) mass is 437 g/mol. The van der Waals surface area contributed by atoms with Crippen molar-refractivity contribution in [1.29, 1.82) is 0 Å². The molecule has 2 aromatic rings. The molecule has 1 aromatic heterocycles. The highest BCUT2D eigenvalue weighted by atomic mass is 16.2. The number of fused-ring (bicyclic) bond motifs is 1. The Labute approximate surface area is 185 Å². The number of amides is 3. The van der Waals surface area contributed by atoms with Crippen LogP contribution in [0.2, 0.25) is 0 Å². The third-order valence-corrected chi connectivity index (χ3v) is 6.69. The van der Waals surface area contributed by atoms with Gasteiger partial charge in [0.2, 0.25) is 11.8 Å². The molecule has 10 nitrogen and oxygen atoms in total. The molecule has 2 fully saturated rings. The number of nitrogens with two attached hydrogens (primary N) is 1. The molecule has 0 bridgehead atoms. The van der Waals surface area contributed by atoms with E-state index in [9.17, 15) is 14.4 Å². The molecule has 0 radical (unpaired) electrons. The third kappa shape index (κ3) is 3.91. The summed E-state index contributed by atoms with van der Waals surface area (Å²) >= 11 is 0. The van der Waals surface area contributed by atoms with Gasteiger partial charge in [0.15, 0.2) is 0 Å². The van der Waals surface area contributed by atoms with Gasteiger partial charge in [0.25, 0.3) is 5.91 Å². The van der Waals surface area contributed by atoms with Crippen LogP contribution in [0, 0.1) is 0 Å². The predicted molar refractivity (Wildman–Crippen MR) is 114 cm³/mol. The highest BCUT2D eigenvalue weighted by Gasteiger charge is 2.39. The molecule has 1 atom stereocenters. The first-order valence-electron chi connectivity index (χ1n) is 11.1. The van der Waals surface area contributed by atoms with Gasteiger partial charge in [-0.3, -0.25) is 24.6 Å². The molecule has 3 amide bonds. The number of likely N-dealkylation sites (tertiary alicyclic amines) is 1. The molecule has 0 spiro atoms. The molecule has 10 heteroatoms. The molecule has 5 rings (SSSR count). The summed E-state index contributed by atoms with van der Waals surface area (Å²) in [6.45, 7) is 3.55. The van der Waals surface area contributed by atoms with E-state index in [0.717, 1.165) is 49.3 Å². The molecule has 1 aromatic carbocycles. The van der Waals surface area contributed by atoms with Gasteiger partial charge in [-0.1, -0.05) is 17.3 Å². The summed E-state index contributed by atoms with van der Waals surface area (Å²) in [5.41, 5.74) is 9.20. The van der Waals surface area contributed by atoms with E-state index in [0.29, 0.717) is 31.1 Å². The van der Waals surface area contributed by atoms with Crippen molar-refractivity contribution in [2.24, 2.45) is 5.73 Å². The highest BCUT2D eigenvalue weighted by molar-refractivity contribution is 6.05. The Kier molecular flexibility index (Phi) is 5.48. The van der Waals surface area contributed by atoms with E-state index in [1.54, 1.807) is 4.90 Å². The van der Waals surface area contributed by atoms with E-state index in [1.165, 1.54) is 0 Å². The molecular weight excluding hydrogens is 410 g/mol. The van der Waals surface area contributed by atoms with Crippen molar-refractivity contribution >= 4 is 17.7 Å². The van der Waals surface area contributed by atoms with Crippen molar-refractivity contribution in [3.63, 3.8) is 0 Å². The number of nitrogens with zero attached hydrogens (tertiary/aromatic N) is 5. The van der Waals surface area contributed by atoms with Crippen molar-refractivity contribution in [2.75, 3.05) is 13.1 Å². The van der Waals surface area contributed by atoms with Crippen LogP contribution in [-0.2, 0) is 29.2 Å². The summed E-state index contributed by atoms with van der Waals surface area (Å²) in [7, 11) is 0. The molecule has 32 heavy (non-hydrogen) atoms. The minimum absolute atomic E-state index is 0.133. The Morgan fingerprint density at radius 1 is 1.12 bits per heavy atom. The maximum Gasteiger partial charge on any atom is 0.255 e. The lowest BCUT2D eigenvalue weighted by Gasteiger charge is -2.31. The summed E-state index contributed by atoms with van der Waals surface area (Å²) < 4.78 is 1.93. The minimum Gasteiger partial charge on any atom is -0.325 e. The van der Waals surface area contributed by atoms with E-state index < -0.39 is 6.04 Å². The lowest BCUT2D eigenvalue weighted by atomic mass is 10.0. The topological polar surface area (TPSA) is 126 Å². The number of benzene rings is 1. The van der Waals surface area contributed by atoms with E-state index in [2.05, 4.69) is 26.6 Å². The fourth-order valence-electron chi connectivity index (χ4n) is 4.91. The van der Waals surface area contributed by atoms with Gasteiger partial charge in [-0.25, -0.2) is 4.68 Å². The maximum absolute atomic E-state index is 12.8. The molecule has 0 saturated carbocycles. The van der Waals surface area contributed by atoms with Gasteiger partial charge in [-0.05, 0) is 36.5 Å². The summed E-state index contributed by atoms with van der Waals surface area (Å²) in [4.78, 5) is 40.5. The molecule has 0 aliphatic carbocycles. The molecule has 3 aliphatic rings. The van der Waals surface area contributed by atoms with Crippen molar-refractivity contribution < 1.29 is 14.4 Å². The van der Waals surface area contributed by atoms with Crippen molar-refractivity contribution in [3.05, 3.63) is 46.8 Å². The zero-order valence-corrected chi connectivity index (χ0v) is 17.9. The largest absolute Gasteiger partial charge is 0.325 e. The third-order valence-electron chi connectivity index (χ3n) is 6.69. The molecule has 3 N–H and O–H groups in total. The Morgan fingerprint density at radius 3 is 2.66 bits per heavy atom. The first-order valence-corrected chi connectivity index (χ1v) is 11.1. The molecule has 1 unspecified atom stereocenters. The smallest absolute Gasteiger partial charge is 0.255 e. The minimum atomic E-state index is -0.577. The first-order chi connectivity index (χ1) is 15.5. The lowest BCUT2D eigenvalue weighted by Crippen LogP contribution is -2.52. The number of imide groups is 1. The Morgan fingerprint density at radius 2 is 1.94 bits per heavy atom. The van der Waals surface area contributed by atoms with E-state index in [4.69, 9.17) is 5.73 Å². The zero-order valence-electron chi connectivity index (χ0n) is 17.9. The Balaban J connectivity index is 1.20. The first kappa shape index (κ1) is 20.8. The number of nitrogens with one attached hydrogen (secondary N) is 1. The quantitative estimate of drug-likeness (QED) is 0.646. The van der Waals surface area contributed by atoms with Gasteiger partial charge in [-0.2, -0.15) is 0 Å². The van der Waals surface area contributed by atoms with Crippen LogP contribution in [0.4, 0.5) is 0 Å². The van der Waals surface area contributed by atoms with Crippen LogP contribution >= 0.6 is 0 Å². The van der Waals surface area contributed by atoms with Gasteiger partial charge in [-0.15, -0.1) is 5.10 Å². The Hall–Kier alpha value is -3.11. The van der Waals surface area contributed by atoms with Gasteiger partial charge in [0.05, 0.1) is 17.9 Å². The number of carbonyl (C=O) groups is 3. The standard InChI is InChI=1S/C22H27N7O3/c23-10-16-13-29(26-25-16)17-5-7-27(8-6-17)11-14-1-2-18-15(9-14)12-28(22(18)32)19-3-4-20(30)24-21(19)31/h1-2,9,13,17,19H,3-8,10-12,23H2,(H,24,30,31). The van der Waals surface area contributed by atoms with Gasteiger partial charge < -0.3 is 10.6 Å². The van der Waals surface area contributed by atoms with Crippen molar-refractivity contribution in [1.82, 2.24) is 30.1 Å². The average molecular weight is 438 g/mol. The molecule has 2 saturated heterocycles. The molecular formula is C22H27N7O3. The van der Waals surface area contributed by atoms with Crippen LogP contribution in [0.3, 0.4) is 0 Å². The van der Waals surface area contributed by atoms with Crippen molar-refractivity contribution in [3.8, 4) is 0 Å². The average Bonchev–Trinajstić information content (AvgIpc) is 3.39. The number of carbonyl (C=O) groups excluding carboxylic acids is 3. The van der Waals surface area contributed by atoms with E-state index >= 15 is 0 Å². The molecule has 3 aliphatic heterocycles. The normalized spacial score (nSPS) is 22.3. The number of hydrogen-bond donors (Lipinski definition) is 2. The zero-order chi connectivity index (χ0) is 22.2. The van der Waals surface area contributed by atoms with Gasteiger partial charge in [0.1, 0.15) is 6.04 Å². The van der Waals surface area contributed by atoms with Crippen LogP contribution in [0.5, 0.6) is 0 Å². The fraction of sp³-hybridized carbons (Fsp3) is 0.500. The number of rotatable bonds is 5. The van der Waals surface area contributed by atoms with Gasteiger partial charge in [0, 0.05) is 44.7 Å². The van der Waals surface area contributed by atoms with Gasteiger partial charge >= 0.3 is 0 Å². The Bertz CT molecular complexity index is 1060. The van der Waals surface area contributed by atoms with E-state index in [-0.39, 0.29) is 24.1 Å². The second-order valence-electron chi connectivity index (χ2n) is 8.79. The summed E-state index contributed by atoms with van der Waals surface area (Å²) in [6, 6.07) is 5.72.